The molecule has 2 aliphatic rings. The van der Waals surface area contributed by atoms with Crippen molar-refractivity contribution in [3.63, 3.8) is 0 Å². The van der Waals surface area contributed by atoms with E-state index in [1.165, 1.54) is 0 Å². The molecule has 3 heterocycles. The summed E-state index contributed by atoms with van der Waals surface area (Å²) in [4.78, 5) is 32.3. The van der Waals surface area contributed by atoms with E-state index in [1.807, 2.05) is 16.3 Å². The Morgan fingerprint density at radius 1 is 1.39 bits per heavy atom. The molecule has 0 N–H and O–H groups in total. The molecule has 6 heteroatoms. The fourth-order valence-corrected chi connectivity index (χ4v) is 4.58. The van der Waals surface area contributed by atoms with Crippen molar-refractivity contribution >= 4 is 23.2 Å². The highest BCUT2D eigenvalue weighted by molar-refractivity contribution is 7.10. The molecular formula is C17H25N3O2S. The first-order valence-electron chi connectivity index (χ1n) is 8.27. The lowest BCUT2D eigenvalue weighted by atomic mass is 10.1. The van der Waals surface area contributed by atoms with E-state index in [1.54, 1.807) is 16.2 Å². The quantitative estimate of drug-likeness (QED) is 0.842. The average molecular weight is 335 g/mol. The number of amides is 2. The van der Waals surface area contributed by atoms with Gasteiger partial charge in [0.15, 0.2) is 0 Å². The number of hydrogen-bond donors (Lipinski definition) is 0. The van der Waals surface area contributed by atoms with Crippen LogP contribution in [0, 0.1) is 5.92 Å². The van der Waals surface area contributed by atoms with Crippen LogP contribution in [-0.2, 0) is 11.2 Å². The molecule has 1 fully saturated rings. The van der Waals surface area contributed by atoms with Crippen LogP contribution in [0.25, 0.3) is 0 Å². The Bertz CT molecular complexity index is 598. The highest BCUT2D eigenvalue weighted by atomic mass is 32.1. The van der Waals surface area contributed by atoms with Gasteiger partial charge in [-0.2, -0.15) is 0 Å². The standard InChI is InChI=1S/C17H25N3O2S/c1-12-9-20(10-14(12)18(2)3)16(21)11-19-7-4-5-15-13(17(19)22)6-8-23-15/h6,8,12,14H,4-5,7,9-11H2,1-3H3/t12-,14+/m1/s1. The summed E-state index contributed by atoms with van der Waals surface area (Å²) < 4.78 is 0. The van der Waals surface area contributed by atoms with Crippen LogP contribution in [0.5, 0.6) is 0 Å². The van der Waals surface area contributed by atoms with Gasteiger partial charge >= 0.3 is 0 Å². The van der Waals surface area contributed by atoms with Gasteiger partial charge in [0.05, 0.1) is 5.56 Å². The van der Waals surface area contributed by atoms with Gasteiger partial charge in [0.1, 0.15) is 6.54 Å². The van der Waals surface area contributed by atoms with E-state index in [0.717, 1.165) is 36.4 Å². The number of hydrogen-bond acceptors (Lipinski definition) is 4. The number of nitrogens with zero attached hydrogens (tertiary/aromatic N) is 3. The molecule has 126 valence electrons. The van der Waals surface area contributed by atoms with Crippen LogP contribution in [0.2, 0.25) is 0 Å². The molecule has 0 unspecified atom stereocenters. The van der Waals surface area contributed by atoms with Gasteiger partial charge in [-0.25, -0.2) is 0 Å². The number of likely N-dealkylation sites (N-methyl/N-ethyl adjacent to an activating group) is 1. The Morgan fingerprint density at radius 3 is 2.87 bits per heavy atom. The van der Waals surface area contributed by atoms with Crippen molar-refractivity contribution in [2.24, 2.45) is 5.92 Å². The van der Waals surface area contributed by atoms with Crippen LogP contribution in [0.3, 0.4) is 0 Å². The van der Waals surface area contributed by atoms with E-state index in [0.29, 0.717) is 18.5 Å². The molecule has 1 aromatic heterocycles. The molecule has 0 aliphatic carbocycles. The first kappa shape index (κ1) is 16.5. The second-order valence-corrected chi connectivity index (χ2v) is 7.90. The fourth-order valence-electron chi connectivity index (χ4n) is 3.67. The molecule has 1 saturated heterocycles. The maximum absolute atomic E-state index is 12.7. The molecule has 0 saturated carbocycles. The van der Waals surface area contributed by atoms with Crippen molar-refractivity contribution in [1.82, 2.24) is 14.7 Å². The summed E-state index contributed by atoms with van der Waals surface area (Å²) in [5.41, 5.74) is 0.793. The zero-order valence-corrected chi connectivity index (χ0v) is 14.9. The molecule has 5 nitrogen and oxygen atoms in total. The highest BCUT2D eigenvalue weighted by Crippen LogP contribution is 2.24. The normalized spacial score (nSPS) is 25.0. The maximum atomic E-state index is 12.7. The van der Waals surface area contributed by atoms with Crippen molar-refractivity contribution in [2.75, 3.05) is 40.3 Å². The summed E-state index contributed by atoms with van der Waals surface area (Å²) in [6.07, 6.45) is 1.87. The summed E-state index contributed by atoms with van der Waals surface area (Å²) in [6.45, 7) is 4.62. The van der Waals surface area contributed by atoms with Crippen LogP contribution in [0.4, 0.5) is 0 Å². The van der Waals surface area contributed by atoms with Crippen LogP contribution < -0.4 is 0 Å². The molecule has 0 spiro atoms. The monoisotopic (exact) mass is 335 g/mol. The largest absolute Gasteiger partial charge is 0.339 e. The van der Waals surface area contributed by atoms with E-state index in [4.69, 9.17) is 0 Å². The predicted octanol–water partition coefficient (Wildman–Crippen LogP) is 1.54. The lowest BCUT2D eigenvalue weighted by Crippen LogP contribution is -2.43. The first-order chi connectivity index (χ1) is 11.0. The molecule has 2 amide bonds. The molecule has 2 atom stereocenters. The lowest BCUT2D eigenvalue weighted by Gasteiger charge is -2.25. The minimum absolute atomic E-state index is 0.0171. The Hall–Kier alpha value is -1.40. The van der Waals surface area contributed by atoms with Crippen molar-refractivity contribution in [3.8, 4) is 0 Å². The van der Waals surface area contributed by atoms with Gasteiger partial charge in [-0.05, 0) is 44.3 Å². The smallest absolute Gasteiger partial charge is 0.255 e. The Labute approximate surface area is 141 Å². The third-order valence-electron chi connectivity index (χ3n) is 5.01. The van der Waals surface area contributed by atoms with Crippen LogP contribution in [-0.4, -0.2) is 72.8 Å². The van der Waals surface area contributed by atoms with Crippen molar-refractivity contribution in [1.29, 1.82) is 0 Å². The van der Waals surface area contributed by atoms with E-state index < -0.39 is 0 Å². The Kier molecular flexibility index (Phi) is 4.73. The topological polar surface area (TPSA) is 43.9 Å². The molecule has 0 radical (unpaired) electrons. The van der Waals surface area contributed by atoms with Crippen molar-refractivity contribution in [3.05, 3.63) is 21.9 Å². The van der Waals surface area contributed by atoms with E-state index >= 15 is 0 Å². The van der Waals surface area contributed by atoms with Crippen molar-refractivity contribution in [2.45, 2.75) is 25.8 Å². The fraction of sp³-hybridized carbons (Fsp3) is 0.647. The summed E-state index contributed by atoms with van der Waals surface area (Å²) >= 11 is 1.64. The molecule has 2 aliphatic heterocycles. The van der Waals surface area contributed by atoms with Crippen LogP contribution >= 0.6 is 11.3 Å². The minimum atomic E-state index is 0.0171. The Balaban J connectivity index is 1.65. The van der Waals surface area contributed by atoms with Gasteiger partial charge in [0.2, 0.25) is 5.91 Å². The third-order valence-corrected chi connectivity index (χ3v) is 5.99. The van der Waals surface area contributed by atoms with E-state index in [-0.39, 0.29) is 18.4 Å². The third kappa shape index (κ3) is 3.28. The summed E-state index contributed by atoms with van der Waals surface area (Å²) in [6, 6.07) is 2.30. The van der Waals surface area contributed by atoms with Gasteiger partial charge in [-0.1, -0.05) is 6.92 Å². The van der Waals surface area contributed by atoms with Gasteiger partial charge in [-0.15, -0.1) is 11.3 Å². The molecule has 0 bridgehead atoms. The van der Waals surface area contributed by atoms with E-state index in [2.05, 4.69) is 25.9 Å². The SMILES string of the molecule is C[C@@H]1CN(C(=O)CN2CCCc3sccc3C2=O)C[C@@H]1N(C)C. The minimum Gasteiger partial charge on any atom is -0.339 e. The zero-order chi connectivity index (χ0) is 16.6. The molecule has 1 aromatic rings. The summed E-state index contributed by atoms with van der Waals surface area (Å²) in [7, 11) is 4.12. The molecule has 3 rings (SSSR count). The second kappa shape index (κ2) is 6.61. The van der Waals surface area contributed by atoms with Gasteiger partial charge < -0.3 is 14.7 Å². The Morgan fingerprint density at radius 2 is 2.17 bits per heavy atom. The lowest BCUT2D eigenvalue weighted by molar-refractivity contribution is -0.131. The number of likely N-dealkylation sites (tertiary alicyclic amines) is 1. The number of thiophene rings is 1. The number of rotatable bonds is 3. The maximum Gasteiger partial charge on any atom is 0.255 e. The molecule has 0 aromatic carbocycles. The number of carbonyl (C=O) groups is 2. The molecule has 23 heavy (non-hydrogen) atoms. The van der Waals surface area contributed by atoms with Crippen molar-refractivity contribution < 1.29 is 9.59 Å². The van der Waals surface area contributed by atoms with Gasteiger partial charge in [0, 0.05) is 30.6 Å². The second-order valence-electron chi connectivity index (χ2n) is 6.89. The molecular weight excluding hydrogens is 310 g/mol. The number of carbonyl (C=O) groups excluding carboxylic acids is 2. The first-order valence-corrected chi connectivity index (χ1v) is 9.15. The number of fused-ring (bicyclic) bond motifs is 1. The number of aryl methyl sites for hydroxylation is 1. The average Bonchev–Trinajstić information content (AvgIpc) is 3.09. The van der Waals surface area contributed by atoms with E-state index in [9.17, 15) is 9.59 Å². The van der Waals surface area contributed by atoms with Gasteiger partial charge in [0.25, 0.3) is 5.91 Å². The van der Waals surface area contributed by atoms with Gasteiger partial charge in [-0.3, -0.25) is 9.59 Å². The predicted molar refractivity (Wildman–Crippen MR) is 91.8 cm³/mol. The highest BCUT2D eigenvalue weighted by Gasteiger charge is 2.35. The van der Waals surface area contributed by atoms with Crippen LogP contribution in [0.1, 0.15) is 28.6 Å². The summed E-state index contributed by atoms with van der Waals surface area (Å²) in [5, 5.41) is 1.97. The van der Waals surface area contributed by atoms with Crippen LogP contribution in [0.15, 0.2) is 11.4 Å². The summed E-state index contributed by atoms with van der Waals surface area (Å²) in [5.74, 6) is 0.564. The zero-order valence-electron chi connectivity index (χ0n) is 14.1.